The largest absolute Gasteiger partial charge is 0.303 e. The highest BCUT2D eigenvalue weighted by atomic mass is 16.1. The molecule has 13 heavy (non-hydrogen) atoms. The van der Waals surface area contributed by atoms with Gasteiger partial charge in [-0.25, -0.2) is 0 Å². The fourth-order valence-corrected chi connectivity index (χ4v) is 1.15. The Morgan fingerprint density at radius 1 is 1.00 bits per heavy atom. The third kappa shape index (κ3) is 11.4. The Balaban J connectivity index is 3.25. The van der Waals surface area contributed by atoms with Gasteiger partial charge in [-0.15, -0.1) is 0 Å². The molecule has 0 saturated heterocycles. The van der Waals surface area contributed by atoms with Gasteiger partial charge in [0.2, 0.25) is 0 Å². The van der Waals surface area contributed by atoms with Crippen LogP contribution in [-0.4, -0.2) is 6.29 Å². The maximum atomic E-state index is 9.99. The third-order valence-electron chi connectivity index (χ3n) is 1.92. The summed E-state index contributed by atoms with van der Waals surface area (Å²) in [6.45, 7) is 6.80. The molecule has 0 unspecified atom stereocenters. The average Bonchev–Trinajstić information content (AvgIpc) is 2.01. The van der Waals surface area contributed by atoms with Gasteiger partial charge in [-0.1, -0.05) is 32.9 Å². The molecule has 0 aromatic heterocycles. The van der Waals surface area contributed by atoms with E-state index in [4.69, 9.17) is 0 Å². The highest BCUT2D eigenvalue weighted by Gasteiger charge is 2.07. The van der Waals surface area contributed by atoms with Crippen LogP contribution in [0.4, 0.5) is 0 Å². The van der Waals surface area contributed by atoms with Crippen LogP contribution in [-0.2, 0) is 4.79 Å². The fraction of sp³-hybridized carbons (Fsp3) is 0.750. The maximum absolute atomic E-state index is 9.99. The standard InChI is InChI=1S/C12H22O/c1-12(2,3)10-8-6-4-5-7-9-11-13/h4-5,11H,6-10H2,1-3H3/b5-4+. The van der Waals surface area contributed by atoms with Crippen LogP contribution in [0.5, 0.6) is 0 Å². The number of carbonyl (C=O) groups excluding carboxylic acids is 1. The first-order valence-corrected chi connectivity index (χ1v) is 5.15. The molecule has 0 atom stereocenters. The van der Waals surface area contributed by atoms with Crippen molar-refractivity contribution in [2.24, 2.45) is 5.41 Å². The molecule has 76 valence electrons. The van der Waals surface area contributed by atoms with Crippen molar-refractivity contribution in [3.63, 3.8) is 0 Å². The number of hydrogen-bond donors (Lipinski definition) is 0. The van der Waals surface area contributed by atoms with Crippen molar-refractivity contribution in [3.8, 4) is 0 Å². The molecular weight excluding hydrogens is 160 g/mol. The molecule has 0 N–H and O–H groups in total. The molecule has 0 bridgehead atoms. The van der Waals surface area contributed by atoms with Crippen molar-refractivity contribution in [2.75, 3.05) is 0 Å². The number of hydrogen-bond acceptors (Lipinski definition) is 1. The normalized spacial score (nSPS) is 12.2. The van der Waals surface area contributed by atoms with E-state index >= 15 is 0 Å². The summed E-state index contributed by atoms with van der Waals surface area (Å²) >= 11 is 0. The van der Waals surface area contributed by atoms with Crippen molar-refractivity contribution in [1.82, 2.24) is 0 Å². The van der Waals surface area contributed by atoms with Gasteiger partial charge >= 0.3 is 0 Å². The van der Waals surface area contributed by atoms with E-state index in [0.717, 1.165) is 19.1 Å². The second kappa shape index (κ2) is 6.88. The zero-order chi connectivity index (χ0) is 10.2. The first kappa shape index (κ1) is 12.4. The fourth-order valence-electron chi connectivity index (χ4n) is 1.15. The second-order valence-electron chi connectivity index (χ2n) is 4.67. The Morgan fingerprint density at radius 3 is 2.15 bits per heavy atom. The van der Waals surface area contributed by atoms with E-state index in [-0.39, 0.29) is 0 Å². The van der Waals surface area contributed by atoms with Crippen LogP contribution in [0, 0.1) is 5.41 Å². The van der Waals surface area contributed by atoms with Gasteiger partial charge in [0, 0.05) is 6.42 Å². The molecule has 0 amide bonds. The summed E-state index contributed by atoms with van der Waals surface area (Å²) in [5, 5.41) is 0. The van der Waals surface area contributed by atoms with Crippen molar-refractivity contribution in [3.05, 3.63) is 12.2 Å². The van der Waals surface area contributed by atoms with Gasteiger partial charge in [-0.05, 0) is 31.1 Å². The van der Waals surface area contributed by atoms with Crippen LogP contribution in [0.15, 0.2) is 12.2 Å². The maximum Gasteiger partial charge on any atom is 0.120 e. The Labute approximate surface area is 82.2 Å². The average molecular weight is 182 g/mol. The minimum absolute atomic E-state index is 0.455. The molecule has 0 aliphatic heterocycles. The van der Waals surface area contributed by atoms with E-state index in [1.807, 2.05) is 0 Å². The summed E-state index contributed by atoms with van der Waals surface area (Å²) in [5.41, 5.74) is 0.455. The zero-order valence-electron chi connectivity index (χ0n) is 9.18. The number of allylic oxidation sites excluding steroid dienone is 2. The highest BCUT2D eigenvalue weighted by molar-refractivity contribution is 5.49. The Kier molecular flexibility index (Phi) is 6.56. The molecule has 0 aromatic rings. The van der Waals surface area contributed by atoms with E-state index in [1.54, 1.807) is 0 Å². The summed E-state index contributed by atoms with van der Waals surface area (Å²) in [5.74, 6) is 0. The van der Waals surface area contributed by atoms with E-state index in [1.165, 1.54) is 12.8 Å². The summed E-state index contributed by atoms with van der Waals surface area (Å²) in [4.78, 5) is 9.99. The van der Waals surface area contributed by atoms with Gasteiger partial charge in [0.25, 0.3) is 0 Å². The lowest BCUT2D eigenvalue weighted by atomic mass is 9.90. The molecule has 0 aliphatic rings. The van der Waals surface area contributed by atoms with Gasteiger partial charge in [0.05, 0.1) is 0 Å². The summed E-state index contributed by atoms with van der Waals surface area (Å²) < 4.78 is 0. The molecular formula is C12H22O. The van der Waals surface area contributed by atoms with Gasteiger partial charge in [0.15, 0.2) is 0 Å². The second-order valence-corrected chi connectivity index (χ2v) is 4.67. The van der Waals surface area contributed by atoms with Gasteiger partial charge in [0.1, 0.15) is 6.29 Å². The number of aldehydes is 1. The summed E-state index contributed by atoms with van der Waals surface area (Å²) in [7, 11) is 0. The number of carbonyl (C=O) groups is 1. The summed E-state index contributed by atoms with van der Waals surface area (Å²) in [6, 6.07) is 0. The van der Waals surface area contributed by atoms with Crippen LogP contribution in [0.3, 0.4) is 0 Å². The van der Waals surface area contributed by atoms with E-state index < -0.39 is 0 Å². The minimum Gasteiger partial charge on any atom is -0.303 e. The number of unbranched alkanes of at least 4 members (excludes halogenated alkanes) is 2. The van der Waals surface area contributed by atoms with Crippen molar-refractivity contribution >= 4 is 6.29 Å². The van der Waals surface area contributed by atoms with Crippen molar-refractivity contribution in [2.45, 2.75) is 52.9 Å². The van der Waals surface area contributed by atoms with Crippen molar-refractivity contribution in [1.29, 1.82) is 0 Å². The first-order chi connectivity index (χ1) is 6.06. The molecule has 0 spiro atoms. The zero-order valence-corrected chi connectivity index (χ0v) is 9.18. The van der Waals surface area contributed by atoms with Crippen LogP contribution < -0.4 is 0 Å². The quantitative estimate of drug-likeness (QED) is 0.347. The van der Waals surface area contributed by atoms with Gasteiger partial charge in [-0.2, -0.15) is 0 Å². The van der Waals surface area contributed by atoms with E-state index in [0.29, 0.717) is 11.8 Å². The molecule has 0 heterocycles. The lowest BCUT2D eigenvalue weighted by Crippen LogP contribution is -2.03. The molecule has 0 radical (unpaired) electrons. The third-order valence-corrected chi connectivity index (χ3v) is 1.92. The topological polar surface area (TPSA) is 17.1 Å². The van der Waals surface area contributed by atoms with Crippen LogP contribution >= 0.6 is 0 Å². The van der Waals surface area contributed by atoms with E-state index in [2.05, 4.69) is 32.9 Å². The highest BCUT2D eigenvalue weighted by Crippen LogP contribution is 2.21. The summed E-state index contributed by atoms with van der Waals surface area (Å²) in [6.07, 6.45) is 10.5. The van der Waals surface area contributed by atoms with E-state index in [9.17, 15) is 4.79 Å². The van der Waals surface area contributed by atoms with Gasteiger partial charge < -0.3 is 4.79 Å². The molecule has 0 rings (SSSR count). The predicted octanol–water partition coefficient (Wildman–Crippen LogP) is 3.74. The monoisotopic (exact) mass is 182 g/mol. The molecule has 0 saturated carbocycles. The predicted molar refractivity (Wildman–Crippen MR) is 57.7 cm³/mol. The van der Waals surface area contributed by atoms with Gasteiger partial charge in [-0.3, -0.25) is 0 Å². The Bertz CT molecular complexity index is 151. The van der Waals surface area contributed by atoms with Crippen molar-refractivity contribution < 1.29 is 4.79 Å². The first-order valence-electron chi connectivity index (χ1n) is 5.15. The van der Waals surface area contributed by atoms with Crippen LogP contribution in [0.25, 0.3) is 0 Å². The molecule has 1 heteroatoms. The Hall–Kier alpha value is -0.590. The SMILES string of the molecule is CC(C)(C)CCC/C=C/CCC=O. The van der Waals surface area contributed by atoms with Crippen LogP contribution in [0.1, 0.15) is 52.9 Å². The smallest absolute Gasteiger partial charge is 0.120 e. The molecule has 0 fully saturated rings. The molecule has 0 aliphatic carbocycles. The lowest BCUT2D eigenvalue weighted by molar-refractivity contribution is -0.107. The number of rotatable bonds is 6. The molecule has 1 nitrogen and oxygen atoms in total. The van der Waals surface area contributed by atoms with Crippen LogP contribution in [0.2, 0.25) is 0 Å². The minimum atomic E-state index is 0.455. The molecule has 0 aromatic carbocycles. The Morgan fingerprint density at radius 2 is 1.62 bits per heavy atom. The lowest BCUT2D eigenvalue weighted by Gasteiger charge is -2.16.